The number of hydrogen-bond donors (Lipinski definition) is 3. The average molecular weight is 269 g/mol. The van der Waals surface area contributed by atoms with Crippen molar-refractivity contribution < 1.29 is 24.1 Å². The summed E-state index contributed by atoms with van der Waals surface area (Å²) >= 11 is 0. The summed E-state index contributed by atoms with van der Waals surface area (Å²) in [6, 6.07) is 3.58. The fourth-order valence-electron chi connectivity index (χ4n) is 1.70. The molecule has 2 unspecified atom stereocenters. The maximum atomic E-state index is 13.2. The van der Waals surface area contributed by atoms with Gasteiger partial charge in [-0.25, -0.2) is 4.39 Å². The Balaban J connectivity index is 2.19. The van der Waals surface area contributed by atoms with E-state index in [4.69, 9.17) is 10.5 Å². The number of benzene rings is 1. The first-order chi connectivity index (χ1) is 8.99. The van der Waals surface area contributed by atoms with Crippen molar-refractivity contribution in [1.29, 1.82) is 0 Å². The summed E-state index contributed by atoms with van der Waals surface area (Å²) in [6.45, 7) is 0.470. The largest absolute Gasteiger partial charge is 0.493 e. The van der Waals surface area contributed by atoms with Gasteiger partial charge in [0, 0.05) is 5.56 Å². The van der Waals surface area contributed by atoms with Gasteiger partial charge in [0.25, 0.3) is 0 Å². The number of primary amides is 1. The summed E-state index contributed by atoms with van der Waals surface area (Å²) in [5.41, 5.74) is 4.93. The van der Waals surface area contributed by atoms with Crippen LogP contribution in [-0.2, 0) is 4.79 Å². The molecule has 104 valence electrons. The van der Waals surface area contributed by atoms with Gasteiger partial charge in [-0.05, 0) is 37.0 Å². The summed E-state index contributed by atoms with van der Waals surface area (Å²) in [7, 11) is 0. The van der Waals surface area contributed by atoms with Gasteiger partial charge in [0.05, 0.1) is 6.61 Å². The Hall–Kier alpha value is -1.66. The number of rotatable bonds is 6. The normalized spacial score (nSPS) is 17.8. The average Bonchev–Trinajstić information content (AvgIpc) is 3.19. The topological polar surface area (TPSA) is 92.8 Å². The van der Waals surface area contributed by atoms with Crippen molar-refractivity contribution in [3.8, 4) is 5.75 Å². The van der Waals surface area contributed by atoms with Gasteiger partial charge in [-0.15, -0.1) is 0 Å². The molecule has 1 aliphatic carbocycles. The van der Waals surface area contributed by atoms with E-state index < -0.39 is 23.9 Å². The Bertz CT molecular complexity index is 476. The molecule has 2 atom stereocenters. The first-order valence-corrected chi connectivity index (χ1v) is 6.06. The molecule has 4 N–H and O–H groups in total. The quantitative estimate of drug-likeness (QED) is 0.701. The molecule has 0 heterocycles. The van der Waals surface area contributed by atoms with E-state index in [9.17, 15) is 19.4 Å². The number of aliphatic hydroxyl groups is 2. The fourth-order valence-corrected chi connectivity index (χ4v) is 1.70. The second kappa shape index (κ2) is 5.54. The number of carbonyl (C=O) groups excluding carboxylic acids is 1. The van der Waals surface area contributed by atoms with E-state index >= 15 is 0 Å². The molecule has 1 aliphatic rings. The molecule has 1 saturated carbocycles. The van der Waals surface area contributed by atoms with Gasteiger partial charge in [-0.2, -0.15) is 0 Å². The molecule has 0 aliphatic heterocycles. The predicted octanol–water partition coefficient (Wildman–Crippen LogP) is 0.494. The van der Waals surface area contributed by atoms with Crippen molar-refractivity contribution in [3.63, 3.8) is 0 Å². The van der Waals surface area contributed by atoms with Crippen molar-refractivity contribution in [1.82, 2.24) is 0 Å². The smallest absolute Gasteiger partial charge is 0.249 e. The lowest BCUT2D eigenvalue weighted by Crippen LogP contribution is -2.34. The second-order valence-electron chi connectivity index (χ2n) is 4.73. The van der Waals surface area contributed by atoms with E-state index in [1.54, 1.807) is 0 Å². The van der Waals surface area contributed by atoms with E-state index in [-0.39, 0.29) is 11.3 Å². The van der Waals surface area contributed by atoms with Crippen molar-refractivity contribution in [3.05, 3.63) is 29.6 Å². The van der Waals surface area contributed by atoms with Gasteiger partial charge in [0.2, 0.25) is 5.91 Å². The van der Waals surface area contributed by atoms with Crippen LogP contribution >= 0.6 is 0 Å². The van der Waals surface area contributed by atoms with Gasteiger partial charge in [0.15, 0.2) is 6.10 Å². The van der Waals surface area contributed by atoms with Crippen molar-refractivity contribution in [2.24, 2.45) is 11.7 Å². The van der Waals surface area contributed by atoms with Crippen LogP contribution in [0.15, 0.2) is 18.2 Å². The highest BCUT2D eigenvalue weighted by Gasteiger charge is 2.28. The highest BCUT2D eigenvalue weighted by molar-refractivity contribution is 5.79. The maximum absolute atomic E-state index is 13.2. The minimum Gasteiger partial charge on any atom is -0.493 e. The van der Waals surface area contributed by atoms with E-state index in [0.29, 0.717) is 12.5 Å². The molecule has 2 rings (SSSR count). The second-order valence-corrected chi connectivity index (χ2v) is 4.73. The van der Waals surface area contributed by atoms with Gasteiger partial charge >= 0.3 is 0 Å². The van der Waals surface area contributed by atoms with Crippen molar-refractivity contribution in [2.45, 2.75) is 25.0 Å². The van der Waals surface area contributed by atoms with E-state index in [0.717, 1.165) is 18.9 Å². The highest BCUT2D eigenvalue weighted by Crippen LogP contribution is 2.33. The molecule has 1 aromatic rings. The van der Waals surface area contributed by atoms with Crippen LogP contribution in [0, 0.1) is 11.7 Å². The lowest BCUT2D eigenvalue weighted by atomic mass is 10.0. The number of nitrogens with two attached hydrogens (primary N) is 1. The minimum atomic E-state index is -1.80. The number of aliphatic hydroxyl groups excluding tert-OH is 2. The van der Waals surface area contributed by atoms with Crippen LogP contribution in [-0.4, -0.2) is 28.8 Å². The van der Waals surface area contributed by atoms with Gasteiger partial charge in [-0.3, -0.25) is 4.79 Å². The van der Waals surface area contributed by atoms with Crippen LogP contribution in [0.1, 0.15) is 24.5 Å². The third kappa shape index (κ3) is 3.42. The molecular weight excluding hydrogens is 253 g/mol. The van der Waals surface area contributed by atoms with Gasteiger partial charge in [0.1, 0.15) is 17.7 Å². The van der Waals surface area contributed by atoms with Crippen molar-refractivity contribution in [2.75, 3.05) is 6.61 Å². The highest BCUT2D eigenvalue weighted by atomic mass is 19.1. The summed E-state index contributed by atoms with van der Waals surface area (Å²) < 4.78 is 18.7. The monoisotopic (exact) mass is 269 g/mol. The van der Waals surface area contributed by atoms with Crippen molar-refractivity contribution >= 4 is 5.91 Å². The Morgan fingerprint density at radius 3 is 2.74 bits per heavy atom. The number of halogens is 1. The molecule has 0 spiro atoms. The third-order valence-electron chi connectivity index (χ3n) is 3.05. The number of ether oxygens (including phenoxy) is 1. The third-order valence-corrected chi connectivity index (χ3v) is 3.05. The molecule has 19 heavy (non-hydrogen) atoms. The molecule has 6 heteroatoms. The lowest BCUT2D eigenvalue weighted by molar-refractivity contribution is -0.132. The van der Waals surface area contributed by atoms with Gasteiger partial charge in [-0.1, -0.05) is 0 Å². The summed E-state index contributed by atoms with van der Waals surface area (Å²) in [5.74, 6) is -0.938. The number of amides is 1. The Morgan fingerprint density at radius 2 is 2.16 bits per heavy atom. The van der Waals surface area contributed by atoms with Crippen LogP contribution in [0.2, 0.25) is 0 Å². The van der Waals surface area contributed by atoms with Crippen LogP contribution in [0.4, 0.5) is 4.39 Å². The molecule has 1 aromatic carbocycles. The molecule has 0 saturated heterocycles. The predicted molar refractivity (Wildman–Crippen MR) is 64.8 cm³/mol. The summed E-state index contributed by atoms with van der Waals surface area (Å²) in [6.07, 6.45) is -1.24. The Morgan fingerprint density at radius 1 is 1.47 bits per heavy atom. The zero-order chi connectivity index (χ0) is 14.0. The molecule has 0 aromatic heterocycles. The standard InChI is InChI=1S/C13H16FNO4/c14-8-3-4-10(19-6-7-1-2-7)9(5-8)11(16)12(17)13(15)18/h3-5,7,11-12,16-17H,1-2,6H2,(H2,15,18). The van der Waals surface area contributed by atoms with Crippen LogP contribution < -0.4 is 10.5 Å². The molecular formula is C13H16FNO4. The zero-order valence-corrected chi connectivity index (χ0v) is 10.3. The SMILES string of the molecule is NC(=O)C(O)C(O)c1cc(F)ccc1OCC1CC1. The van der Waals surface area contributed by atoms with Crippen LogP contribution in [0.5, 0.6) is 5.75 Å². The van der Waals surface area contributed by atoms with Crippen LogP contribution in [0.25, 0.3) is 0 Å². The minimum absolute atomic E-state index is 0.0203. The van der Waals surface area contributed by atoms with E-state index in [1.807, 2.05) is 0 Å². The summed E-state index contributed by atoms with van der Waals surface area (Å²) in [4.78, 5) is 10.9. The maximum Gasteiger partial charge on any atom is 0.249 e. The lowest BCUT2D eigenvalue weighted by Gasteiger charge is -2.19. The van der Waals surface area contributed by atoms with Gasteiger partial charge < -0.3 is 20.7 Å². The number of hydrogen-bond acceptors (Lipinski definition) is 4. The summed E-state index contributed by atoms with van der Waals surface area (Å²) in [5, 5.41) is 19.3. The fraction of sp³-hybridized carbons (Fsp3) is 0.462. The first-order valence-electron chi connectivity index (χ1n) is 6.06. The molecule has 1 amide bonds. The molecule has 1 fully saturated rings. The molecule has 5 nitrogen and oxygen atoms in total. The first kappa shape index (κ1) is 13.8. The van der Waals surface area contributed by atoms with Crippen LogP contribution in [0.3, 0.4) is 0 Å². The van der Waals surface area contributed by atoms with E-state index in [1.165, 1.54) is 12.1 Å². The molecule has 0 radical (unpaired) electrons. The van der Waals surface area contributed by atoms with E-state index in [2.05, 4.69) is 0 Å². The molecule has 0 bridgehead atoms. The number of carbonyl (C=O) groups is 1. The Kier molecular flexibility index (Phi) is 4.01. The Labute approximate surface area is 109 Å². The zero-order valence-electron chi connectivity index (χ0n) is 10.3.